The first kappa shape index (κ1) is 14.3. The Bertz CT molecular complexity index is 1040. The molecule has 0 saturated carbocycles. The van der Waals surface area contributed by atoms with Crippen LogP contribution in [0.25, 0.3) is 22.3 Å². The van der Waals surface area contributed by atoms with Crippen LogP contribution in [0.2, 0.25) is 0 Å². The molecule has 1 aromatic carbocycles. The average molecular weight is 314 g/mol. The lowest BCUT2D eigenvalue weighted by atomic mass is 10.1. The van der Waals surface area contributed by atoms with Gasteiger partial charge in [0, 0.05) is 23.7 Å². The molecular formula is C19H14N4O. The van der Waals surface area contributed by atoms with Gasteiger partial charge < -0.3 is 0 Å². The Morgan fingerprint density at radius 2 is 1.75 bits per heavy atom. The normalized spacial score (nSPS) is 10.8. The molecule has 0 aliphatic rings. The van der Waals surface area contributed by atoms with Gasteiger partial charge in [-0.15, -0.1) is 0 Å². The summed E-state index contributed by atoms with van der Waals surface area (Å²) in [5.41, 5.74) is 3.43. The molecular weight excluding hydrogens is 300 g/mol. The van der Waals surface area contributed by atoms with E-state index in [1.165, 1.54) is 0 Å². The van der Waals surface area contributed by atoms with E-state index in [0.29, 0.717) is 28.7 Å². The second kappa shape index (κ2) is 6.04. The van der Waals surface area contributed by atoms with Crippen molar-refractivity contribution in [2.75, 3.05) is 0 Å². The van der Waals surface area contributed by atoms with Crippen LogP contribution < -0.4 is 5.56 Å². The van der Waals surface area contributed by atoms with E-state index in [1.807, 2.05) is 60.7 Å². The number of fused-ring (bicyclic) bond motifs is 1. The summed E-state index contributed by atoms with van der Waals surface area (Å²) in [6.45, 7) is 0. The lowest BCUT2D eigenvalue weighted by Crippen LogP contribution is -2.12. The molecule has 3 heterocycles. The van der Waals surface area contributed by atoms with Crippen molar-refractivity contribution in [1.29, 1.82) is 0 Å². The van der Waals surface area contributed by atoms with Crippen molar-refractivity contribution in [2.24, 2.45) is 0 Å². The lowest BCUT2D eigenvalue weighted by Gasteiger charge is -2.06. The van der Waals surface area contributed by atoms with Crippen molar-refractivity contribution in [2.45, 2.75) is 6.42 Å². The summed E-state index contributed by atoms with van der Waals surface area (Å²) >= 11 is 0. The highest BCUT2D eigenvalue weighted by atomic mass is 16.1. The molecule has 116 valence electrons. The van der Waals surface area contributed by atoms with E-state index < -0.39 is 0 Å². The highest BCUT2D eigenvalue weighted by molar-refractivity contribution is 5.90. The van der Waals surface area contributed by atoms with Crippen molar-refractivity contribution in [3.05, 3.63) is 88.5 Å². The van der Waals surface area contributed by atoms with E-state index in [4.69, 9.17) is 0 Å². The third-order valence-corrected chi connectivity index (χ3v) is 3.83. The van der Waals surface area contributed by atoms with E-state index in [0.717, 1.165) is 11.3 Å². The Labute approximate surface area is 138 Å². The fourth-order valence-corrected chi connectivity index (χ4v) is 2.69. The molecule has 1 N–H and O–H groups in total. The lowest BCUT2D eigenvalue weighted by molar-refractivity contribution is 0.993. The average Bonchev–Trinajstić information content (AvgIpc) is 2.64. The van der Waals surface area contributed by atoms with Gasteiger partial charge in [0.15, 0.2) is 0 Å². The molecule has 0 unspecified atom stereocenters. The quantitative estimate of drug-likeness (QED) is 0.631. The molecule has 5 nitrogen and oxygen atoms in total. The first-order chi connectivity index (χ1) is 11.8. The molecule has 0 aliphatic heterocycles. The number of aromatic nitrogens is 4. The molecule has 0 radical (unpaired) electrons. The number of benzene rings is 1. The Morgan fingerprint density at radius 1 is 0.917 bits per heavy atom. The smallest absolute Gasteiger partial charge is 0.266 e. The zero-order chi connectivity index (χ0) is 16.4. The first-order valence-electron chi connectivity index (χ1n) is 7.65. The Balaban J connectivity index is 1.83. The van der Waals surface area contributed by atoms with E-state index in [1.54, 1.807) is 6.20 Å². The van der Waals surface area contributed by atoms with Gasteiger partial charge in [0.2, 0.25) is 0 Å². The van der Waals surface area contributed by atoms with Crippen molar-refractivity contribution < 1.29 is 0 Å². The summed E-state index contributed by atoms with van der Waals surface area (Å²) in [4.78, 5) is 21.0. The predicted octanol–water partition coefficient (Wildman–Crippen LogP) is 2.97. The second-order valence-electron chi connectivity index (χ2n) is 5.48. The van der Waals surface area contributed by atoms with Crippen molar-refractivity contribution in [3.63, 3.8) is 0 Å². The Hall–Kier alpha value is -3.34. The molecule has 0 saturated heterocycles. The highest BCUT2D eigenvalue weighted by Gasteiger charge is 2.11. The zero-order valence-electron chi connectivity index (χ0n) is 12.8. The van der Waals surface area contributed by atoms with Gasteiger partial charge in [-0.1, -0.05) is 36.4 Å². The van der Waals surface area contributed by atoms with Gasteiger partial charge in [-0.25, -0.2) is 10.1 Å². The van der Waals surface area contributed by atoms with Crippen molar-refractivity contribution in [1.82, 2.24) is 20.2 Å². The molecule has 0 spiro atoms. The fraction of sp³-hybridized carbons (Fsp3) is 0.0526. The topological polar surface area (TPSA) is 71.5 Å². The van der Waals surface area contributed by atoms with Gasteiger partial charge in [-0.05, 0) is 29.8 Å². The van der Waals surface area contributed by atoms with Crippen molar-refractivity contribution >= 4 is 10.9 Å². The van der Waals surface area contributed by atoms with Crippen molar-refractivity contribution in [3.8, 4) is 11.4 Å². The minimum absolute atomic E-state index is 0.292. The van der Waals surface area contributed by atoms with Gasteiger partial charge >= 0.3 is 0 Å². The van der Waals surface area contributed by atoms with Crippen LogP contribution in [0.5, 0.6) is 0 Å². The molecule has 0 aliphatic carbocycles. The van der Waals surface area contributed by atoms with Gasteiger partial charge in [0.05, 0.1) is 5.69 Å². The number of hydrogen-bond donors (Lipinski definition) is 1. The van der Waals surface area contributed by atoms with Crippen LogP contribution in [0.1, 0.15) is 11.3 Å². The SMILES string of the molecule is O=c1[nH]nc(-c2ccccn2)c2ccc(Cc3ccccc3)nc12. The second-order valence-corrected chi connectivity index (χ2v) is 5.48. The molecule has 3 aromatic heterocycles. The molecule has 0 atom stereocenters. The molecule has 0 bridgehead atoms. The number of hydrogen-bond acceptors (Lipinski definition) is 4. The number of nitrogens with zero attached hydrogens (tertiary/aromatic N) is 3. The zero-order valence-corrected chi connectivity index (χ0v) is 12.8. The monoisotopic (exact) mass is 314 g/mol. The number of aromatic amines is 1. The number of pyridine rings is 2. The van der Waals surface area contributed by atoms with Gasteiger partial charge in [-0.3, -0.25) is 9.78 Å². The molecule has 4 rings (SSSR count). The van der Waals surface area contributed by atoms with E-state index in [2.05, 4.69) is 20.2 Å². The van der Waals surface area contributed by atoms with Crippen LogP contribution in [0.15, 0.2) is 71.7 Å². The number of nitrogens with one attached hydrogen (secondary N) is 1. The maximum atomic E-state index is 12.2. The van der Waals surface area contributed by atoms with Crippen LogP contribution in [0.3, 0.4) is 0 Å². The van der Waals surface area contributed by atoms with E-state index >= 15 is 0 Å². The highest BCUT2D eigenvalue weighted by Crippen LogP contribution is 2.22. The summed E-state index contributed by atoms with van der Waals surface area (Å²) in [7, 11) is 0. The minimum Gasteiger partial charge on any atom is -0.266 e. The molecule has 0 amide bonds. The summed E-state index contributed by atoms with van der Waals surface area (Å²) in [6.07, 6.45) is 2.38. The van der Waals surface area contributed by atoms with Gasteiger partial charge in [-0.2, -0.15) is 5.10 Å². The predicted molar refractivity (Wildman–Crippen MR) is 92.6 cm³/mol. The summed E-state index contributed by atoms with van der Waals surface area (Å²) < 4.78 is 0. The standard InChI is InChI=1S/C19H14N4O/c24-19-18-15(17(22-23-19)16-8-4-5-11-20-16)10-9-14(21-18)12-13-6-2-1-3-7-13/h1-11H,12H2,(H,23,24). The molecule has 24 heavy (non-hydrogen) atoms. The summed E-state index contributed by atoms with van der Waals surface area (Å²) in [5.74, 6) is 0. The maximum absolute atomic E-state index is 12.2. The maximum Gasteiger partial charge on any atom is 0.290 e. The Kier molecular flexibility index (Phi) is 3.59. The first-order valence-corrected chi connectivity index (χ1v) is 7.65. The third kappa shape index (κ3) is 2.67. The van der Waals surface area contributed by atoms with Gasteiger partial charge in [0.25, 0.3) is 5.56 Å². The van der Waals surface area contributed by atoms with E-state index in [9.17, 15) is 4.79 Å². The number of H-pyrrole nitrogens is 1. The van der Waals surface area contributed by atoms with Crippen LogP contribution in [-0.4, -0.2) is 20.2 Å². The number of rotatable bonds is 3. The third-order valence-electron chi connectivity index (χ3n) is 3.83. The summed E-state index contributed by atoms with van der Waals surface area (Å²) in [5, 5.41) is 7.38. The van der Waals surface area contributed by atoms with E-state index in [-0.39, 0.29) is 5.56 Å². The minimum atomic E-state index is -0.292. The summed E-state index contributed by atoms with van der Waals surface area (Å²) in [6, 6.07) is 19.5. The largest absolute Gasteiger partial charge is 0.290 e. The molecule has 5 heteroatoms. The van der Waals surface area contributed by atoms with Crippen LogP contribution >= 0.6 is 0 Å². The van der Waals surface area contributed by atoms with Gasteiger partial charge in [0.1, 0.15) is 11.2 Å². The van der Waals surface area contributed by atoms with Crippen LogP contribution in [0, 0.1) is 0 Å². The molecule has 0 fully saturated rings. The van der Waals surface area contributed by atoms with Crippen LogP contribution in [-0.2, 0) is 6.42 Å². The molecule has 4 aromatic rings. The fourth-order valence-electron chi connectivity index (χ4n) is 2.69. The van der Waals surface area contributed by atoms with Crippen LogP contribution in [0.4, 0.5) is 0 Å². The Morgan fingerprint density at radius 3 is 2.54 bits per heavy atom.